The summed E-state index contributed by atoms with van der Waals surface area (Å²) < 4.78 is 5.07. The average Bonchev–Trinajstić information content (AvgIpc) is 2.30. The van der Waals surface area contributed by atoms with E-state index >= 15 is 0 Å². The van der Waals surface area contributed by atoms with E-state index in [1.165, 1.54) is 25.7 Å². The second-order valence-electron chi connectivity index (χ2n) is 4.62. The fourth-order valence-corrected chi connectivity index (χ4v) is 2.45. The predicted molar refractivity (Wildman–Crippen MR) is 66.1 cm³/mol. The number of hydrogen-bond donors (Lipinski definition) is 0. The lowest BCUT2D eigenvalue weighted by atomic mass is 9.80. The van der Waals surface area contributed by atoms with Crippen molar-refractivity contribution in [3.63, 3.8) is 0 Å². The minimum Gasteiger partial charge on any atom is -0.466 e. The maximum Gasteiger partial charge on any atom is 0.308 e. The molecule has 2 nitrogen and oxygen atoms in total. The standard InChI is InChI=1S/C14H24O2/c1-3-5-6-7-12-8-10-13(11-9-12)14(15)16-4-2/h3,5,12-13H,4,6-11H2,1-2H3. The Morgan fingerprint density at radius 2 is 2.00 bits per heavy atom. The molecule has 0 aromatic rings. The van der Waals surface area contributed by atoms with E-state index in [0.29, 0.717) is 6.61 Å². The maximum atomic E-state index is 11.5. The number of allylic oxidation sites excluding steroid dienone is 2. The quantitative estimate of drug-likeness (QED) is 0.525. The molecule has 0 spiro atoms. The van der Waals surface area contributed by atoms with Crippen molar-refractivity contribution >= 4 is 5.97 Å². The van der Waals surface area contributed by atoms with Crippen molar-refractivity contribution in [2.24, 2.45) is 11.8 Å². The summed E-state index contributed by atoms with van der Waals surface area (Å²) in [5.41, 5.74) is 0. The van der Waals surface area contributed by atoms with Gasteiger partial charge in [0.2, 0.25) is 0 Å². The van der Waals surface area contributed by atoms with Gasteiger partial charge in [-0.3, -0.25) is 4.79 Å². The fraction of sp³-hybridized carbons (Fsp3) is 0.786. The third kappa shape index (κ3) is 4.38. The number of ether oxygens (including phenoxy) is 1. The van der Waals surface area contributed by atoms with Gasteiger partial charge < -0.3 is 4.74 Å². The van der Waals surface area contributed by atoms with Crippen LogP contribution in [-0.2, 0) is 9.53 Å². The Morgan fingerprint density at radius 1 is 1.31 bits per heavy atom. The van der Waals surface area contributed by atoms with Crippen molar-refractivity contribution < 1.29 is 9.53 Å². The second kappa shape index (κ2) is 7.48. The zero-order valence-electron chi connectivity index (χ0n) is 10.6. The Kier molecular flexibility index (Phi) is 6.20. The van der Waals surface area contributed by atoms with Gasteiger partial charge in [-0.05, 0) is 58.3 Å². The average molecular weight is 224 g/mol. The van der Waals surface area contributed by atoms with Crippen molar-refractivity contribution in [1.82, 2.24) is 0 Å². The summed E-state index contributed by atoms with van der Waals surface area (Å²) in [6.45, 7) is 4.46. The van der Waals surface area contributed by atoms with Crippen LogP contribution in [0.2, 0.25) is 0 Å². The molecule has 1 saturated carbocycles. The highest BCUT2D eigenvalue weighted by atomic mass is 16.5. The van der Waals surface area contributed by atoms with E-state index in [-0.39, 0.29) is 11.9 Å². The van der Waals surface area contributed by atoms with Crippen LogP contribution in [0.15, 0.2) is 12.2 Å². The molecule has 0 aliphatic heterocycles. The van der Waals surface area contributed by atoms with E-state index in [1.807, 2.05) is 6.92 Å². The molecule has 0 radical (unpaired) electrons. The number of rotatable bonds is 5. The Labute approximate surface area is 99.1 Å². The summed E-state index contributed by atoms with van der Waals surface area (Å²) in [5.74, 6) is 1.02. The fourth-order valence-electron chi connectivity index (χ4n) is 2.45. The van der Waals surface area contributed by atoms with Crippen LogP contribution in [0.3, 0.4) is 0 Å². The molecule has 1 aliphatic rings. The lowest BCUT2D eigenvalue weighted by Gasteiger charge is -2.26. The van der Waals surface area contributed by atoms with Gasteiger partial charge in [-0.2, -0.15) is 0 Å². The second-order valence-corrected chi connectivity index (χ2v) is 4.62. The van der Waals surface area contributed by atoms with Crippen LogP contribution in [0, 0.1) is 11.8 Å². The molecule has 0 aromatic heterocycles. The van der Waals surface area contributed by atoms with Gasteiger partial charge in [-0.1, -0.05) is 12.2 Å². The Bertz CT molecular complexity index is 225. The molecule has 0 amide bonds. The van der Waals surface area contributed by atoms with Crippen LogP contribution < -0.4 is 0 Å². The summed E-state index contributed by atoms with van der Waals surface area (Å²) in [5, 5.41) is 0. The molecule has 0 unspecified atom stereocenters. The number of esters is 1. The van der Waals surface area contributed by atoms with E-state index in [4.69, 9.17) is 4.74 Å². The van der Waals surface area contributed by atoms with Gasteiger partial charge in [0, 0.05) is 0 Å². The predicted octanol–water partition coefficient (Wildman–Crippen LogP) is 3.71. The van der Waals surface area contributed by atoms with Crippen LogP contribution in [0.4, 0.5) is 0 Å². The molecule has 0 atom stereocenters. The first-order chi connectivity index (χ1) is 7.77. The molecular weight excluding hydrogens is 200 g/mol. The SMILES string of the molecule is CC=CCCC1CCC(C(=O)OCC)CC1. The zero-order valence-corrected chi connectivity index (χ0v) is 10.6. The molecule has 0 heterocycles. The molecule has 1 fully saturated rings. The summed E-state index contributed by atoms with van der Waals surface area (Å²) in [7, 11) is 0. The summed E-state index contributed by atoms with van der Waals surface area (Å²) in [6.07, 6.45) is 11.3. The van der Waals surface area contributed by atoms with Gasteiger partial charge >= 0.3 is 5.97 Å². The van der Waals surface area contributed by atoms with Crippen LogP contribution >= 0.6 is 0 Å². The van der Waals surface area contributed by atoms with Crippen LogP contribution in [0.25, 0.3) is 0 Å². The topological polar surface area (TPSA) is 26.3 Å². The van der Waals surface area contributed by atoms with Crippen molar-refractivity contribution in [3.05, 3.63) is 12.2 Å². The Hall–Kier alpha value is -0.790. The number of hydrogen-bond acceptors (Lipinski definition) is 2. The minimum atomic E-state index is 0.0226. The molecular formula is C14H24O2. The van der Waals surface area contributed by atoms with Gasteiger partial charge in [-0.15, -0.1) is 0 Å². The molecule has 16 heavy (non-hydrogen) atoms. The Morgan fingerprint density at radius 3 is 2.56 bits per heavy atom. The highest BCUT2D eigenvalue weighted by Crippen LogP contribution is 2.32. The molecule has 1 aliphatic carbocycles. The first-order valence-corrected chi connectivity index (χ1v) is 6.55. The van der Waals surface area contributed by atoms with Crippen LogP contribution in [0.5, 0.6) is 0 Å². The lowest BCUT2D eigenvalue weighted by molar-refractivity contribution is -0.149. The van der Waals surface area contributed by atoms with Gasteiger partial charge in [0.15, 0.2) is 0 Å². The molecule has 0 N–H and O–H groups in total. The first-order valence-electron chi connectivity index (χ1n) is 6.55. The Balaban J connectivity index is 2.20. The third-order valence-electron chi connectivity index (χ3n) is 3.44. The zero-order chi connectivity index (χ0) is 11.8. The van der Waals surface area contributed by atoms with E-state index in [1.54, 1.807) is 0 Å². The van der Waals surface area contributed by atoms with Crippen LogP contribution in [-0.4, -0.2) is 12.6 Å². The molecule has 0 bridgehead atoms. The molecule has 2 heteroatoms. The smallest absolute Gasteiger partial charge is 0.308 e. The molecule has 0 saturated heterocycles. The summed E-state index contributed by atoms with van der Waals surface area (Å²) in [6, 6.07) is 0. The minimum absolute atomic E-state index is 0.0226. The highest BCUT2D eigenvalue weighted by Gasteiger charge is 2.26. The van der Waals surface area contributed by atoms with Crippen molar-refractivity contribution in [2.75, 3.05) is 6.61 Å². The number of carbonyl (C=O) groups excluding carboxylic acids is 1. The van der Waals surface area contributed by atoms with E-state index in [2.05, 4.69) is 19.1 Å². The van der Waals surface area contributed by atoms with Gasteiger partial charge in [0.05, 0.1) is 12.5 Å². The van der Waals surface area contributed by atoms with Crippen molar-refractivity contribution in [1.29, 1.82) is 0 Å². The lowest BCUT2D eigenvalue weighted by Crippen LogP contribution is -2.23. The number of carbonyl (C=O) groups is 1. The van der Waals surface area contributed by atoms with Crippen LogP contribution in [0.1, 0.15) is 52.4 Å². The van der Waals surface area contributed by atoms with E-state index in [9.17, 15) is 4.79 Å². The molecule has 92 valence electrons. The molecule has 0 aromatic carbocycles. The first kappa shape index (κ1) is 13.3. The summed E-state index contributed by atoms with van der Waals surface area (Å²) >= 11 is 0. The van der Waals surface area contributed by atoms with Gasteiger partial charge in [0.1, 0.15) is 0 Å². The van der Waals surface area contributed by atoms with E-state index < -0.39 is 0 Å². The highest BCUT2D eigenvalue weighted by molar-refractivity contribution is 5.72. The molecule has 1 rings (SSSR count). The van der Waals surface area contributed by atoms with Gasteiger partial charge in [-0.25, -0.2) is 0 Å². The van der Waals surface area contributed by atoms with E-state index in [0.717, 1.165) is 18.8 Å². The maximum absolute atomic E-state index is 11.5. The van der Waals surface area contributed by atoms with Crippen molar-refractivity contribution in [2.45, 2.75) is 52.4 Å². The van der Waals surface area contributed by atoms with Crippen molar-refractivity contribution in [3.8, 4) is 0 Å². The summed E-state index contributed by atoms with van der Waals surface area (Å²) in [4.78, 5) is 11.5. The largest absolute Gasteiger partial charge is 0.466 e. The van der Waals surface area contributed by atoms with Gasteiger partial charge in [0.25, 0.3) is 0 Å². The monoisotopic (exact) mass is 224 g/mol. The normalized spacial score (nSPS) is 25.9. The third-order valence-corrected chi connectivity index (χ3v) is 3.44.